The summed E-state index contributed by atoms with van der Waals surface area (Å²) in [5.41, 5.74) is 10.3. The van der Waals surface area contributed by atoms with Crippen molar-refractivity contribution >= 4 is 29.6 Å². The summed E-state index contributed by atoms with van der Waals surface area (Å²) >= 11 is 0. The Morgan fingerprint density at radius 1 is 0.880 bits per heavy atom. The second kappa shape index (κ2) is 10.2. The number of aliphatic carboxylic acids is 1. The molecule has 8 N–H and O–H groups in total. The van der Waals surface area contributed by atoms with Crippen molar-refractivity contribution in [1.82, 2.24) is 16.0 Å². The first-order valence-corrected chi connectivity index (χ1v) is 7.63. The number of amides is 4. The molecule has 0 aliphatic rings. The first kappa shape index (κ1) is 22.3. The van der Waals surface area contributed by atoms with E-state index in [1.807, 2.05) is 0 Å². The molecule has 142 valence electrons. The molecule has 0 saturated heterocycles. The Balaban J connectivity index is 4.61. The maximum atomic E-state index is 12.0. The second-order valence-electron chi connectivity index (χ2n) is 5.65. The lowest BCUT2D eigenvalue weighted by Crippen LogP contribution is -2.55. The predicted molar refractivity (Wildman–Crippen MR) is 86.9 cm³/mol. The van der Waals surface area contributed by atoms with Gasteiger partial charge in [0.05, 0.1) is 6.04 Å². The smallest absolute Gasteiger partial charge is 0.326 e. The van der Waals surface area contributed by atoms with Crippen LogP contribution in [0.1, 0.15) is 33.6 Å². The third kappa shape index (κ3) is 8.65. The Kier molecular flexibility index (Phi) is 9.13. The summed E-state index contributed by atoms with van der Waals surface area (Å²) in [6.07, 6.45) is -0.379. The van der Waals surface area contributed by atoms with Gasteiger partial charge in [-0.3, -0.25) is 19.2 Å². The molecule has 0 aromatic heterocycles. The van der Waals surface area contributed by atoms with E-state index in [-0.39, 0.29) is 12.8 Å². The van der Waals surface area contributed by atoms with Crippen LogP contribution < -0.4 is 27.4 Å². The zero-order chi connectivity index (χ0) is 19.7. The number of primary amides is 1. The highest BCUT2D eigenvalue weighted by atomic mass is 16.4. The molecule has 0 heterocycles. The fraction of sp³-hybridized carbons (Fsp3) is 0.643. The predicted octanol–water partition coefficient (Wildman–Crippen LogP) is -2.82. The van der Waals surface area contributed by atoms with Crippen LogP contribution in [0.25, 0.3) is 0 Å². The number of rotatable bonds is 10. The summed E-state index contributed by atoms with van der Waals surface area (Å²) < 4.78 is 0. The minimum atomic E-state index is -1.33. The van der Waals surface area contributed by atoms with E-state index in [0.29, 0.717) is 0 Å². The number of carboxylic acid groups (broad SMARTS) is 1. The van der Waals surface area contributed by atoms with Gasteiger partial charge in [0.25, 0.3) is 0 Å². The van der Waals surface area contributed by atoms with Crippen molar-refractivity contribution in [2.45, 2.75) is 57.8 Å². The van der Waals surface area contributed by atoms with Crippen LogP contribution in [0.5, 0.6) is 0 Å². The molecule has 0 bridgehead atoms. The van der Waals surface area contributed by atoms with Crippen molar-refractivity contribution in [3.05, 3.63) is 0 Å². The molecule has 0 saturated carbocycles. The first-order valence-electron chi connectivity index (χ1n) is 7.63. The Morgan fingerprint density at radius 2 is 1.32 bits per heavy atom. The van der Waals surface area contributed by atoms with E-state index in [4.69, 9.17) is 16.6 Å². The van der Waals surface area contributed by atoms with Crippen molar-refractivity contribution in [2.75, 3.05) is 0 Å². The quantitative estimate of drug-likeness (QED) is 0.242. The molecule has 4 amide bonds. The molecule has 25 heavy (non-hydrogen) atoms. The molecule has 0 rings (SSSR count). The van der Waals surface area contributed by atoms with Gasteiger partial charge in [0, 0.05) is 6.42 Å². The zero-order valence-electron chi connectivity index (χ0n) is 14.4. The number of carboxylic acids is 1. The van der Waals surface area contributed by atoms with Crippen LogP contribution in [0.3, 0.4) is 0 Å². The van der Waals surface area contributed by atoms with Crippen molar-refractivity contribution in [1.29, 1.82) is 0 Å². The lowest BCUT2D eigenvalue weighted by atomic mass is 10.1. The van der Waals surface area contributed by atoms with E-state index < -0.39 is 53.8 Å². The van der Waals surface area contributed by atoms with Gasteiger partial charge in [0.15, 0.2) is 0 Å². The van der Waals surface area contributed by atoms with Crippen LogP contribution in [0.15, 0.2) is 0 Å². The first-order chi connectivity index (χ1) is 11.5. The van der Waals surface area contributed by atoms with Crippen molar-refractivity contribution in [3.63, 3.8) is 0 Å². The van der Waals surface area contributed by atoms with Gasteiger partial charge in [0.1, 0.15) is 18.1 Å². The number of nitrogens with two attached hydrogens (primary N) is 2. The molecule has 4 atom stereocenters. The highest BCUT2D eigenvalue weighted by molar-refractivity contribution is 5.93. The molecule has 11 heteroatoms. The third-order valence-corrected chi connectivity index (χ3v) is 3.21. The number of hydrogen-bond donors (Lipinski definition) is 6. The summed E-state index contributed by atoms with van der Waals surface area (Å²) in [5.74, 6) is -3.94. The standard InChI is InChI=1S/C14H25N5O6/c1-6(15)11(21)17-7(2)12(22)18-8(3)13(23)19-9(14(24)25)4-5-10(16)20/h6-9H,4-5,15H2,1-3H3,(H2,16,20)(H,17,21)(H,18,22)(H,19,23)(H,24,25)/t6-,7-,8-,9-/m0/s1. The molecule has 0 unspecified atom stereocenters. The van der Waals surface area contributed by atoms with Gasteiger partial charge >= 0.3 is 5.97 Å². The van der Waals surface area contributed by atoms with Gasteiger partial charge in [-0.25, -0.2) is 4.79 Å². The molecule has 11 nitrogen and oxygen atoms in total. The Bertz CT molecular complexity index is 536. The topological polar surface area (TPSA) is 194 Å². The van der Waals surface area contributed by atoms with Gasteiger partial charge < -0.3 is 32.5 Å². The van der Waals surface area contributed by atoms with Crippen molar-refractivity contribution < 1.29 is 29.1 Å². The molecular formula is C14H25N5O6. The highest BCUT2D eigenvalue weighted by Crippen LogP contribution is 1.99. The monoisotopic (exact) mass is 359 g/mol. The molecule has 0 fully saturated rings. The van der Waals surface area contributed by atoms with Gasteiger partial charge in [-0.05, 0) is 27.2 Å². The number of carbonyl (C=O) groups excluding carboxylic acids is 4. The SMILES string of the molecule is C[C@H](N)C(=O)N[C@@H](C)C(=O)N[C@@H](C)C(=O)N[C@@H](CCC(N)=O)C(=O)O. The Hall–Kier alpha value is -2.69. The van der Waals surface area contributed by atoms with Gasteiger partial charge in [-0.1, -0.05) is 0 Å². The van der Waals surface area contributed by atoms with E-state index in [9.17, 15) is 24.0 Å². The summed E-state index contributed by atoms with van der Waals surface area (Å²) in [5, 5.41) is 15.9. The minimum Gasteiger partial charge on any atom is -0.480 e. The van der Waals surface area contributed by atoms with E-state index in [1.165, 1.54) is 20.8 Å². The Morgan fingerprint density at radius 3 is 1.72 bits per heavy atom. The van der Waals surface area contributed by atoms with Crippen LogP contribution >= 0.6 is 0 Å². The fourth-order valence-electron chi connectivity index (χ4n) is 1.66. The van der Waals surface area contributed by atoms with E-state index >= 15 is 0 Å². The Labute approximate surface area is 144 Å². The summed E-state index contributed by atoms with van der Waals surface area (Å²) in [6, 6.07) is -4.09. The van der Waals surface area contributed by atoms with Gasteiger partial charge in [-0.2, -0.15) is 0 Å². The van der Waals surface area contributed by atoms with Crippen LogP contribution in [-0.4, -0.2) is 58.9 Å². The van der Waals surface area contributed by atoms with Gasteiger partial charge in [0.2, 0.25) is 23.6 Å². The summed E-state index contributed by atoms with van der Waals surface area (Å²) in [4.78, 5) is 57.1. The lowest BCUT2D eigenvalue weighted by Gasteiger charge is -2.21. The summed E-state index contributed by atoms with van der Waals surface area (Å²) in [6.45, 7) is 4.21. The molecule has 0 aromatic rings. The average Bonchev–Trinajstić information content (AvgIpc) is 2.49. The summed E-state index contributed by atoms with van der Waals surface area (Å²) in [7, 11) is 0. The van der Waals surface area contributed by atoms with Crippen LogP contribution in [0, 0.1) is 0 Å². The maximum absolute atomic E-state index is 12.0. The molecule has 0 radical (unpaired) electrons. The van der Waals surface area contributed by atoms with E-state index in [2.05, 4.69) is 16.0 Å². The maximum Gasteiger partial charge on any atom is 0.326 e. The highest BCUT2D eigenvalue weighted by Gasteiger charge is 2.26. The number of carbonyl (C=O) groups is 5. The van der Waals surface area contributed by atoms with Crippen molar-refractivity contribution in [2.24, 2.45) is 11.5 Å². The van der Waals surface area contributed by atoms with Crippen LogP contribution in [0.2, 0.25) is 0 Å². The van der Waals surface area contributed by atoms with Crippen LogP contribution in [0.4, 0.5) is 0 Å². The molecule has 0 aliphatic carbocycles. The number of hydrogen-bond acceptors (Lipinski definition) is 6. The van der Waals surface area contributed by atoms with E-state index in [0.717, 1.165) is 0 Å². The van der Waals surface area contributed by atoms with Crippen LogP contribution in [-0.2, 0) is 24.0 Å². The van der Waals surface area contributed by atoms with Gasteiger partial charge in [-0.15, -0.1) is 0 Å². The fourth-order valence-corrected chi connectivity index (χ4v) is 1.66. The average molecular weight is 359 g/mol. The van der Waals surface area contributed by atoms with Crippen molar-refractivity contribution in [3.8, 4) is 0 Å². The minimum absolute atomic E-state index is 0.169. The largest absolute Gasteiger partial charge is 0.480 e. The normalized spacial score (nSPS) is 15.2. The third-order valence-electron chi connectivity index (χ3n) is 3.21. The second-order valence-corrected chi connectivity index (χ2v) is 5.65. The molecule has 0 aromatic carbocycles. The lowest BCUT2D eigenvalue weighted by molar-refractivity contribution is -0.142. The molecular weight excluding hydrogens is 334 g/mol. The molecule has 0 aliphatic heterocycles. The number of nitrogens with one attached hydrogen (secondary N) is 3. The molecule has 0 spiro atoms. The van der Waals surface area contributed by atoms with E-state index in [1.54, 1.807) is 0 Å². The zero-order valence-corrected chi connectivity index (χ0v) is 14.4.